The van der Waals surface area contributed by atoms with Crippen LogP contribution >= 0.6 is 10.7 Å². The monoisotopic (exact) mass is 274 g/mol. The molecule has 0 radical (unpaired) electrons. The summed E-state index contributed by atoms with van der Waals surface area (Å²) in [6, 6.07) is 5.83. The lowest BCUT2D eigenvalue weighted by Crippen LogP contribution is -1.98. The van der Waals surface area contributed by atoms with E-state index >= 15 is 0 Å². The third-order valence-electron chi connectivity index (χ3n) is 1.86. The van der Waals surface area contributed by atoms with Crippen LogP contribution in [0.25, 0.3) is 6.08 Å². The van der Waals surface area contributed by atoms with E-state index < -0.39 is 15.0 Å². The molecule has 1 aromatic rings. The lowest BCUT2D eigenvalue weighted by atomic mass is 10.2. The summed E-state index contributed by atoms with van der Waals surface area (Å²) in [6.45, 7) is 2.03. The first-order valence-electron chi connectivity index (χ1n) is 4.83. The van der Waals surface area contributed by atoms with Crippen LogP contribution in [0.15, 0.2) is 35.2 Å². The third kappa shape index (κ3) is 4.58. The minimum absolute atomic E-state index is 0.0208. The van der Waals surface area contributed by atoms with E-state index in [1.807, 2.05) is 0 Å². The van der Waals surface area contributed by atoms with Gasteiger partial charge in [-0.15, -0.1) is 0 Å². The summed E-state index contributed by atoms with van der Waals surface area (Å²) in [6.07, 6.45) is 2.80. The Morgan fingerprint density at radius 1 is 1.35 bits per heavy atom. The van der Waals surface area contributed by atoms with Crippen LogP contribution in [0.4, 0.5) is 0 Å². The predicted molar refractivity (Wildman–Crippen MR) is 65.1 cm³/mol. The Morgan fingerprint density at radius 2 is 1.94 bits per heavy atom. The van der Waals surface area contributed by atoms with Crippen molar-refractivity contribution in [2.75, 3.05) is 6.61 Å². The maximum absolute atomic E-state index is 11.0. The molecule has 0 heterocycles. The lowest BCUT2D eigenvalue weighted by molar-refractivity contribution is -0.137. The van der Waals surface area contributed by atoms with Gasteiger partial charge in [-0.05, 0) is 30.7 Å². The molecule has 1 aromatic carbocycles. The summed E-state index contributed by atoms with van der Waals surface area (Å²) in [7, 11) is 1.46. The van der Waals surface area contributed by atoms with Crippen molar-refractivity contribution in [2.24, 2.45) is 0 Å². The lowest BCUT2D eigenvalue weighted by Gasteiger charge is -1.97. The molecule has 0 aromatic heterocycles. The van der Waals surface area contributed by atoms with Crippen molar-refractivity contribution in [1.29, 1.82) is 0 Å². The molecule has 0 N–H and O–H groups in total. The Balaban J connectivity index is 2.79. The van der Waals surface area contributed by atoms with E-state index in [1.165, 1.54) is 24.3 Å². The molecule has 17 heavy (non-hydrogen) atoms. The van der Waals surface area contributed by atoms with Gasteiger partial charge in [-0.2, -0.15) is 0 Å². The van der Waals surface area contributed by atoms with Crippen LogP contribution in [-0.4, -0.2) is 21.0 Å². The van der Waals surface area contributed by atoms with Gasteiger partial charge in [0.25, 0.3) is 9.05 Å². The molecule has 6 heteroatoms. The molecular formula is C11H11ClO4S. The number of carbonyl (C=O) groups is 1. The molecule has 0 aliphatic carbocycles. The summed E-state index contributed by atoms with van der Waals surface area (Å²) in [4.78, 5) is 11.0. The molecule has 0 aliphatic heterocycles. The molecule has 0 amide bonds. The van der Waals surface area contributed by atoms with Crippen LogP contribution in [0, 0.1) is 0 Å². The zero-order valence-electron chi connectivity index (χ0n) is 9.09. The maximum atomic E-state index is 11.0. The molecule has 0 unspecified atom stereocenters. The van der Waals surface area contributed by atoms with Crippen LogP contribution in [0.3, 0.4) is 0 Å². The summed E-state index contributed by atoms with van der Waals surface area (Å²) in [5.41, 5.74) is 0.683. The van der Waals surface area contributed by atoms with Crippen molar-refractivity contribution in [3.8, 4) is 0 Å². The second-order valence-electron chi connectivity index (χ2n) is 3.09. The van der Waals surface area contributed by atoms with Gasteiger partial charge in [-0.1, -0.05) is 12.1 Å². The average molecular weight is 275 g/mol. The van der Waals surface area contributed by atoms with Crippen LogP contribution in [0.5, 0.6) is 0 Å². The largest absolute Gasteiger partial charge is 0.463 e. The van der Waals surface area contributed by atoms with Crippen LogP contribution < -0.4 is 0 Å². The van der Waals surface area contributed by atoms with E-state index in [-0.39, 0.29) is 4.90 Å². The fourth-order valence-corrected chi connectivity index (χ4v) is 1.87. The second kappa shape index (κ2) is 5.84. The van der Waals surface area contributed by atoms with E-state index in [2.05, 4.69) is 0 Å². The van der Waals surface area contributed by atoms with Crippen molar-refractivity contribution in [3.63, 3.8) is 0 Å². The van der Waals surface area contributed by atoms with Crippen LogP contribution in [0.1, 0.15) is 12.5 Å². The van der Waals surface area contributed by atoms with Gasteiger partial charge in [0.1, 0.15) is 0 Å². The number of carbonyl (C=O) groups excluding carboxylic acids is 1. The Kier molecular flexibility index (Phi) is 4.72. The smallest absolute Gasteiger partial charge is 0.330 e. The molecule has 0 saturated carbocycles. The molecule has 0 fully saturated rings. The minimum atomic E-state index is -3.70. The van der Waals surface area contributed by atoms with E-state index in [1.54, 1.807) is 19.1 Å². The Bertz CT molecular complexity index is 517. The molecule has 0 bridgehead atoms. The van der Waals surface area contributed by atoms with Gasteiger partial charge in [0.05, 0.1) is 11.5 Å². The first kappa shape index (κ1) is 13.7. The van der Waals surface area contributed by atoms with Crippen LogP contribution in [-0.2, 0) is 18.6 Å². The number of benzene rings is 1. The number of hydrogen-bond acceptors (Lipinski definition) is 4. The fraction of sp³-hybridized carbons (Fsp3) is 0.182. The molecular weight excluding hydrogens is 264 g/mol. The Labute approximate surface area is 104 Å². The van der Waals surface area contributed by atoms with Crippen LogP contribution in [0.2, 0.25) is 0 Å². The highest BCUT2D eigenvalue weighted by atomic mass is 35.7. The van der Waals surface area contributed by atoms with E-state index in [0.717, 1.165) is 0 Å². The van der Waals surface area contributed by atoms with Crippen molar-refractivity contribution in [2.45, 2.75) is 11.8 Å². The van der Waals surface area contributed by atoms with Gasteiger partial charge in [0.2, 0.25) is 0 Å². The summed E-state index contributed by atoms with van der Waals surface area (Å²) in [5.74, 6) is -0.443. The summed E-state index contributed by atoms with van der Waals surface area (Å²) >= 11 is 0. The van der Waals surface area contributed by atoms with Crippen molar-refractivity contribution in [3.05, 3.63) is 35.9 Å². The van der Waals surface area contributed by atoms with Gasteiger partial charge in [0.15, 0.2) is 0 Å². The molecule has 0 saturated heterocycles. The standard InChI is InChI=1S/C11H11ClO4S/c1-2-16-11(13)8-5-9-3-6-10(7-4-9)17(12,14)15/h3-8H,2H2,1H3. The molecule has 0 aliphatic rings. The maximum Gasteiger partial charge on any atom is 0.330 e. The molecule has 1 rings (SSSR count). The molecule has 92 valence electrons. The zero-order chi connectivity index (χ0) is 12.9. The first-order valence-corrected chi connectivity index (χ1v) is 7.14. The van der Waals surface area contributed by atoms with Gasteiger partial charge in [0, 0.05) is 16.8 Å². The zero-order valence-corrected chi connectivity index (χ0v) is 10.7. The summed E-state index contributed by atoms with van der Waals surface area (Å²) < 4.78 is 26.6. The van der Waals surface area contributed by atoms with Gasteiger partial charge >= 0.3 is 5.97 Å². The van der Waals surface area contributed by atoms with Crippen molar-refractivity contribution in [1.82, 2.24) is 0 Å². The highest BCUT2D eigenvalue weighted by Crippen LogP contribution is 2.15. The summed E-state index contributed by atoms with van der Waals surface area (Å²) in [5, 5.41) is 0. The SMILES string of the molecule is CCOC(=O)C=Cc1ccc(S(=O)(=O)Cl)cc1. The molecule has 0 atom stereocenters. The normalized spacial score (nSPS) is 11.6. The Morgan fingerprint density at radius 3 is 2.41 bits per heavy atom. The Hall–Kier alpha value is -1.33. The highest BCUT2D eigenvalue weighted by molar-refractivity contribution is 8.13. The van der Waals surface area contributed by atoms with Crippen molar-refractivity contribution < 1.29 is 17.9 Å². The minimum Gasteiger partial charge on any atom is -0.463 e. The third-order valence-corrected chi connectivity index (χ3v) is 3.23. The van der Waals surface area contributed by atoms with E-state index in [9.17, 15) is 13.2 Å². The van der Waals surface area contributed by atoms with Gasteiger partial charge in [-0.25, -0.2) is 13.2 Å². The number of ether oxygens (including phenoxy) is 1. The number of esters is 1. The molecule has 0 spiro atoms. The first-order chi connectivity index (χ1) is 7.93. The number of rotatable bonds is 4. The fourth-order valence-electron chi connectivity index (χ4n) is 1.10. The topological polar surface area (TPSA) is 60.4 Å². The van der Waals surface area contributed by atoms with Gasteiger partial charge < -0.3 is 4.74 Å². The average Bonchev–Trinajstić information content (AvgIpc) is 2.26. The van der Waals surface area contributed by atoms with E-state index in [4.69, 9.17) is 15.4 Å². The number of hydrogen-bond donors (Lipinski definition) is 0. The number of halogens is 1. The van der Waals surface area contributed by atoms with E-state index in [0.29, 0.717) is 12.2 Å². The molecule has 4 nitrogen and oxygen atoms in total. The second-order valence-corrected chi connectivity index (χ2v) is 5.66. The predicted octanol–water partition coefficient (Wildman–Crippen LogP) is 2.19. The van der Waals surface area contributed by atoms with Gasteiger partial charge in [-0.3, -0.25) is 0 Å². The highest BCUT2D eigenvalue weighted by Gasteiger charge is 2.08. The quantitative estimate of drug-likeness (QED) is 0.480. The van der Waals surface area contributed by atoms with Crippen molar-refractivity contribution >= 4 is 31.8 Å².